The topological polar surface area (TPSA) is 9.23 Å². The summed E-state index contributed by atoms with van der Waals surface area (Å²) in [7, 11) is 0. The minimum absolute atomic E-state index is 0.424. The Kier molecular flexibility index (Phi) is 5.05. The van der Waals surface area contributed by atoms with Gasteiger partial charge in [-0.05, 0) is 24.5 Å². The molecule has 0 aliphatic rings. The van der Waals surface area contributed by atoms with E-state index in [1.165, 1.54) is 11.1 Å². The van der Waals surface area contributed by atoms with E-state index in [-0.39, 0.29) is 0 Å². The van der Waals surface area contributed by atoms with Gasteiger partial charge in [-0.25, -0.2) is 0 Å². The van der Waals surface area contributed by atoms with E-state index in [1.54, 1.807) is 0 Å². The maximum Gasteiger partial charge on any atom is 0.0716 e. The zero-order chi connectivity index (χ0) is 10.4. The molecule has 0 aliphatic heterocycles. The van der Waals surface area contributed by atoms with E-state index in [2.05, 4.69) is 43.8 Å². The Morgan fingerprint density at radius 2 is 1.79 bits per heavy atom. The van der Waals surface area contributed by atoms with Gasteiger partial charge in [-0.15, -0.1) is 0 Å². The van der Waals surface area contributed by atoms with Crippen molar-refractivity contribution in [1.29, 1.82) is 0 Å². The number of rotatable bonds is 5. The zero-order valence-electron chi connectivity index (χ0n) is 8.86. The Balaban J connectivity index is 2.50. The van der Waals surface area contributed by atoms with Gasteiger partial charge < -0.3 is 4.74 Å². The van der Waals surface area contributed by atoms with E-state index < -0.39 is 0 Å². The maximum atomic E-state index is 5.33. The molecule has 2 heteroatoms. The monoisotopic (exact) mass is 210 g/mol. The SMILES string of the molecule is CCOCc1ccc(CC(C)S)cc1. The van der Waals surface area contributed by atoms with Crippen LogP contribution in [0.3, 0.4) is 0 Å². The van der Waals surface area contributed by atoms with Crippen molar-refractivity contribution in [3.63, 3.8) is 0 Å². The Morgan fingerprint density at radius 3 is 2.29 bits per heavy atom. The first kappa shape index (κ1) is 11.6. The van der Waals surface area contributed by atoms with Crippen LogP contribution in [0.15, 0.2) is 24.3 Å². The number of hydrogen-bond acceptors (Lipinski definition) is 2. The van der Waals surface area contributed by atoms with E-state index in [9.17, 15) is 0 Å². The third kappa shape index (κ3) is 4.16. The summed E-state index contributed by atoms with van der Waals surface area (Å²) in [6, 6.07) is 8.56. The molecule has 0 saturated carbocycles. The number of hydrogen-bond donors (Lipinski definition) is 1. The smallest absolute Gasteiger partial charge is 0.0716 e. The van der Waals surface area contributed by atoms with Crippen molar-refractivity contribution in [2.75, 3.05) is 6.61 Å². The molecule has 0 spiro atoms. The fourth-order valence-electron chi connectivity index (χ4n) is 1.33. The Morgan fingerprint density at radius 1 is 1.21 bits per heavy atom. The Hall–Kier alpha value is -0.470. The van der Waals surface area contributed by atoms with Crippen molar-refractivity contribution in [3.8, 4) is 0 Å². The number of ether oxygens (including phenoxy) is 1. The summed E-state index contributed by atoms with van der Waals surface area (Å²) in [6.45, 7) is 5.61. The molecule has 0 heterocycles. The van der Waals surface area contributed by atoms with Crippen LogP contribution in [0.5, 0.6) is 0 Å². The fraction of sp³-hybridized carbons (Fsp3) is 0.500. The van der Waals surface area contributed by atoms with E-state index in [1.807, 2.05) is 6.92 Å². The molecule has 1 rings (SSSR count). The van der Waals surface area contributed by atoms with Gasteiger partial charge in [-0.2, -0.15) is 12.6 Å². The van der Waals surface area contributed by atoms with Crippen molar-refractivity contribution in [2.24, 2.45) is 0 Å². The average molecular weight is 210 g/mol. The first-order chi connectivity index (χ1) is 6.72. The lowest BCUT2D eigenvalue weighted by molar-refractivity contribution is 0.134. The van der Waals surface area contributed by atoms with Crippen molar-refractivity contribution >= 4 is 12.6 Å². The molecule has 1 aromatic carbocycles. The lowest BCUT2D eigenvalue weighted by Gasteiger charge is -2.06. The van der Waals surface area contributed by atoms with Crippen LogP contribution < -0.4 is 0 Å². The van der Waals surface area contributed by atoms with Gasteiger partial charge in [0.2, 0.25) is 0 Å². The third-order valence-corrected chi connectivity index (χ3v) is 2.21. The molecule has 1 unspecified atom stereocenters. The number of benzene rings is 1. The average Bonchev–Trinajstić information content (AvgIpc) is 2.16. The molecular weight excluding hydrogens is 192 g/mol. The second-order valence-corrected chi connectivity index (χ2v) is 4.39. The predicted molar refractivity (Wildman–Crippen MR) is 63.9 cm³/mol. The third-order valence-electron chi connectivity index (χ3n) is 2.03. The van der Waals surface area contributed by atoms with E-state index >= 15 is 0 Å². The second-order valence-electron chi connectivity index (χ2n) is 3.51. The molecule has 0 radical (unpaired) electrons. The van der Waals surface area contributed by atoms with Crippen molar-refractivity contribution in [3.05, 3.63) is 35.4 Å². The molecule has 78 valence electrons. The van der Waals surface area contributed by atoms with Gasteiger partial charge in [0.25, 0.3) is 0 Å². The molecule has 0 fully saturated rings. The highest BCUT2D eigenvalue weighted by molar-refractivity contribution is 7.80. The van der Waals surface area contributed by atoms with Crippen LogP contribution in [0.2, 0.25) is 0 Å². The van der Waals surface area contributed by atoms with Gasteiger partial charge >= 0.3 is 0 Å². The van der Waals surface area contributed by atoms with E-state index in [0.29, 0.717) is 11.9 Å². The summed E-state index contributed by atoms with van der Waals surface area (Å²) < 4.78 is 5.33. The molecule has 0 aromatic heterocycles. The van der Waals surface area contributed by atoms with Crippen molar-refractivity contribution < 1.29 is 4.74 Å². The molecule has 1 atom stereocenters. The Labute approximate surface area is 91.9 Å². The van der Waals surface area contributed by atoms with E-state index in [4.69, 9.17) is 4.74 Å². The minimum Gasteiger partial charge on any atom is -0.377 e. The van der Waals surface area contributed by atoms with Crippen molar-refractivity contribution in [2.45, 2.75) is 32.1 Å². The molecule has 1 aromatic rings. The lowest BCUT2D eigenvalue weighted by Crippen LogP contribution is -1.98. The van der Waals surface area contributed by atoms with Gasteiger partial charge in [-0.3, -0.25) is 0 Å². The summed E-state index contributed by atoms with van der Waals surface area (Å²) >= 11 is 4.37. The van der Waals surface area contributed by atoms with Gasteiger partial charge in [0.05, 0.1) is 6.61 Å². The maximum absolute atomic E-state index is 5.33. The second kappa shape index (κ2) is 6.10. The van der Waals surface area contributed by atoms with Gasteiger partial charge in [0, 0.05) is 11.9 Å². The van der Waals surface area contributed by atoms with Crippen LogP contribution in [0.25, 0.3) is 0 Å². The first-order valence-corrected chi connectivity index (χ1v) is 5.57. The molecular formula is C12H18OS. The normalized spacial score (nSPS) is 12.8. The summed E-state index contributed by atoms with van der Waals surface area (Å²) in [6.07, 6.45) is 1.03. The Bertz CT molecular complexity index is 254. The molecule has 0 saturated heterocycles. The molecule has 0 amide bonds. The van der Waals surface area contributed by atoms with Gasteiger partial charge in [0.1, 0.15) is 0 Å². The molecule has 0 aliphatic carbocycles. The fourth-order valence-corrected chi connectivity index (χ4v) is 1.54. The van der Waals surface area contributed by atoms with Crippen LogP contribution in [0.1, 0.15) is 25.0 Å². The quantitative estimate of drug-likeness (QED) is 0.735. The highest BCUT2D eigenvalue weighted by Gasteiger charge is 1.98. The van der Waals surface area contributed by atoms with Gasteiger partial charge in [-0.1, -0.05) is 31.2 Å². The molecule has 14 heavy (non-hydrogen) atoms. The minimum atomic E-state index is 0.424. The summed E-state index contributed by atoms with van der Waals surface area (Å²) in [5, 5.41) is 0.424. The van der Waals surface area contributed by atoms with Crippen LogP contribution in [0.4, 0.5) is 0 Å². The van der Waals surface area contributed by atoms with Crippen LogP contribution in [-0.4, -0.2) is 11.9 Å². The standard InChI is InChI=1S/C12H18OS/c1-3-13-9-12-6-4-11(5-7-12)8-10(2)14/h4-7,10,14H,3,8-9H2,1-2H3. The van der Waals surface area contributed by atoms with Crippen LogP contribution in [-0.2, 0) is 17.8 Å². The van der Waals surface area contributed by atoms with Crippen molar-refractivity contribution in [1.82, 2.24) is 0 Å². The zero-order valence-corrected chi connectivity index (χ0v) is 9.76. The van der Waals surface area contributed by atoms with Crippen LogP contribution in [0, 0.1) is 0 Å². The largest absolute Gasteiger partial charge is 0.377 e. The molecule has 1 nitrogen and oxygen atoms in total. The number of thiol groups is 1. The lowest BCUT2D eigenvalue weighted by atomic mass is 10.1. The predicted octanol–water partition coefficient (Wildman–Crippen LogP) is 3.08. The van der Waals surface area contributed by atoms with Gasteiger partial charge in [0.15, 0.2) is 0 Å². The summed E-state index contributed by atoms with van der Waals surface area (Å²) in [5.41, 5.74) is 2.58. The van der Waals surface area contributed by atoms with Crippen LogP contribution >= 0.6 is 12.6 Å². The molecule has 0 N–H and O–H groups in total. The summed E-state index contributed by atoms with van der Waals surface area (Å²) in [4.78, 5) is 0. The molecule has 0 bridgehead atoms. The highest BCUT2D eigenvalue weighted by atomic mass is 32.1. The summed E-state index contributed by atoms with van der Waals surface area (Å²) in [5.74, 6) is 0. The van der Waals surface area contributed by atoms with E-state index in [0.717, 1.165) is 13.0 Å². The first-order valence-electron chi connectivity index (χ1n) is 5.06. The highest BCUT2D eigenvalue weighted by Crippen LogP contribution is 2.10.